The highest BCUT2D eigenvalue weighted by Crippen LogP contribution is 2.47. The van der Waals surface area contributed by atoms with Gasteiger partial charge in [-0.15, -0.1) is 0 Å². The normalized spacial score (nSPS) is 25.1. The average Bonchev–Trinajstić information content (AvgIpc) is 3.31. The van der Waals surface area contributed by atoms with Gasteiger partial charge in [0.1, 0.15) is 30.2 Å². The molecular formula is C16H27N5O10P2S. The molecule has 192 valence electrons. The highest BCUT2D eigenvalue weighted by Gasteiger charge is 2.49. The van der Waals surface area contributed by atoms with Gasteiger partial charge in [-0.1, -0.05) is 12.8 Å². The summed E-state index contributed by atoms with van der Waals surface area (Å²) in [5, 5.41) is 10.7. The molecule has 2 aromatic rings. The van der Waals surface area contributed by atoms with Crippen molar-refractivity contribution < 1.29 is 47.2 Å². The number of hydrogen-bond acceptors (Lipinski definition) is 12. The molecule has 34 heavy (non-hydrogen) atoms. The van der Waals surface area contributed by atoms with Crippen LogP contribution >= 0.6 is 28.3 Å². The third-order valence-electron chi connectivity index (χ3n) is 4.94. The third-order valence-corrected chi connectivity index (χ3v) is 6.76. The monoisotopic (exact) mass is 543 g/mol. The van der Waals surface area contributed by atoms with Gasteiger partial charge in [0, 0.05) is 0 Å². The standard InChI is InChI=1S/C16H27N5O10P2S/c17-14-11-15(19-8-18-14)21(9-20-11)16-12(22)13(31-32(23,24)25)10(30-16)7-29-33(26,27)28-5-3-1-2-4-6-34/h8-10,12-13,16,22,34H,1-7H2,(H,26,27)(H2,17,18,19)(H2,23,24,25)/t10-,12-,13-,16-/m1/s1. The lowest BCUT2D eigenvalue weighted by Crippen LogP contribution is -2.35. The molecule has 1 saturated heterocycles. The Morgan fingerprint density at radius 3 is 2.56 bits per heavy atom. The zero-order chi connectivity index (χ0) is 24.9. The molecule has 1 unspecified atom stereocenters. The number of unbranched alkanes of at least 4 members (excludes halogenated alkanes) is 3. The Balaban J connectivity index is 1.69. The lowest BCUT2D eigenvalue weighted by molar-refractivity contribution is -0.0512. The predicted molar refractivity (Wildman–Crippen MR) is 121 cm³/mol. The fourth-order valence-electron chi connectivity index (χ4n) is 3.38. The molecule has 2 aromatic heterocycles. The van der Waals surface area contributed by atoms with Crippen molar-refractivity contribution >= 4 is 45.3 Å². The number of phosphoric ester groups is 2. The van der Waals surface area contributed by atoms with Crippen molar-refractivity contribution in [1.82, 2.24) is 19.5 Å². The number of rotatable bonds is 13. The van der Waals surface area contributed by atoms with Gasteiger partial charge in [-0.05, 0) is 18.6 Å². The van der Waals surface area contributed by atoms with Crippen LogP contribution in [0.2, 0.25) is 0 Å². The zero-order valence-corrected chi connectivity index (χ0v) is 20.5. The number of ether oxygens (including phenoxy) is 1. The third kappa shape index (κ3) is 7.18. The number of aliphatic hydroxyl groups excluding tert-OH is 1. The number of nitrogens with two attached hydrogens (primary N) is 1. The van der Waals surface area contributed by atoms with Crippen LogP contribution < -0.4 is 5.73 Å². The van der Waals surface area contributed by atoms with Gasteiger partial charge in [0.05, 0.1) is 19.5 Å². The first-order chi connectivity index (χ1) is 16.0. The molecule has 0 spiro atoms. The van der Waals surface area contributed by atoms with Gasteiger partial charge in [-0.2, -0.15) is 12.6 Å². The van der Waals surface area contributed by atoms with Crippen LogP contribution in [-0.4, -0.2) is 76.6 Å². The van der Waals surface area contributed by atoms with Gasteiger partial charge in [-0.3, -0.25) is 18.1 Å². The van der Waals surface area contributed by atoms with Crippen LogP contribution in [0.15, 0.2) is 12.7 Å². The summed E-state index contributed by atoms with van der Waals surface area (Å²) in [5.74, 6) is 0.826. The summed E-state index contributed by atoms with van der Waals surface area (Å²) in [5.41, 5.74) is 6.15. The van der Waals surface area contributed by atoms with Crippen LogP contribution in [-0.2, 0) is 27.4 Å². The number of aromatic nitrogens is 4. The van der Waals surface area contributed by atoms with Gasteiger partial charge in [0.15, 0.2) is 17.7 Å². The number of aliphatic hydroxyl groups is 1. The SMILES string of the molecule is Nc1ncnc2c1ncn2[C@@H]1O[C@H](COP(=O)(O)OCCCCCCS)[C@@H](OP(=O)(O)O)[C@H]1O. The lowest BCUT2D eigenvalue weighted by atomic mass is 10.1. The van der Waals surface area contributed by atoms with E-state index in [1.54, 1.807) is 0 Å². The summed E-state index contributed by atoms with van der Waals surface area (Å²) in [7, 11) is -9.58. The maximum atomic E-state index is 12.2. The van der Waals surface area contributed by atoms with E-state index in [9.17, 15) is 28.9 Å². The van der Waals surface area contributed by atoms with Crippen LogP contribution in [0.4, 0.5) is 5.82 Å². The van der Waals surface area contributed by atoms with Crippen molar-refractivity contribution in [3.05, 3.63) is 12.7 Å². The fraction of sp³-hybridized carbons (Fsp3) is 0.688. The summed E-state index contributed by atoms with van der Waals surface area (Å²) in [6.45, 7) is -0.697. The highest BCUT2D eigenvalue weighted by atomic mass is 32.1. The van der Waals surface area contributed by atoms with E-state index >= 15 is 0 Å². The Morgan fingerprint density at radius 1 is 1.12 bits per heavy atom. The zero-order valence-electron chi connectivity index (χ0n) is 17.9. The van der Waals surface area contributed by atoms with Crippen LogP contribution in [0.25, 0.3) is 11.2 Å². The molecule has 1 aliphatic rings. The summed E-state index contributed by atoms with van der Waals surface area (Å²) >= 11 is 4.11. The first kappa shape index (κ1) is 27.4. The second-order valence-electron chi connectivity index (χ2n) is 7.43. The number of imidazole rings is 1. The Kier molecular flexibility index (Phi) is 9.45. The van der Waals surface area contributed by atoms with Gasteiger partial charge in [0.25, 0.3) is 0 Å². The molecule has 0 bridgehead atoms. The minimum absolute atomic E-state index is 0.0261. The molecular weight excluding hydrogens is 516 g/mol. The smallest absolute Gasteiger partial charge is 0.386 e. The second-order valence-corrected chi connectivity index (χ2v) is 10.5. The number of nitrogen functional groups attached to an aromatic ring is 1. The molecule has 1 aliphatic heterocycles. The molecule has 1 fully saturated rings. The van der Waals surface area contributed by atoms with E-state index in [1.807, 2.05) is 0 Å². The van der Waals surface area contributed by atoms with E-state index < -0.39 is 46.8 Å². The molecule has 15 nitrogen and oxygen atoms in total. The molecule has 6 N–H and O–H groups in total. The maximum Gasteiger partial charge on any atom is 0.472 e. The minimum Gasteiger partial charge on any atom is -0.386 e. The lowest BCUT2D eigenvalue weighted by Gasteiger charge is -2.21. The Morgan fingerprint density at radius 2 is 1.85 bits per heavy atom. The molecule has 0 saturated carbocycles. The maximum absolute atomic E-state index is 12.2. The largest absolute Gasteiger partial charge is 0.472 e. The van der Waals surface area contributed by atoms with Crippen LogP contribution in [0.3, 0.4) is 0 Å². The fourth-order valence-corrected chi connectivity index (χ4v) is 4.95. The van der Waals surface area contributed by atoms with E-state index in [-0.39, 0.29) is 23.6 Å². The first-order valence-electron chi connectivity index (χ1n) is 10.3. The number of anilines is 1. The van der Waals surface area contributed by atoms with Crippen molar-refractivity contribution in [3.8, 4) is 0 Å². The second kappa shape index (κ2) is 11.7. The van der Waals surface area contributed by atoms with Crippen molar-refractivity contribution in [3.63, 3.8) is 0 Å². The van der Waals surface area contributed by atoms with Crippen molar-refractivity contribution in [1.29, 1.82) is 0 Å². The predicted octanol–water partition coefficient (Wildman–Crippen LogP) is 0.768. The number of hydrogen-bond donors (Lipinski definition) is 6. The molecule has 0 radical (unpaired) electrons. The Bertz CT molecular complexity index is 1050. The number of nitrogens with zero attached hydrogens (tertiary/aromatic N) is 4. The van der Waals surface area contributed by atoms with E-state index in [4.69, 9.17) is 24.0 Å². The van der Waals surface area contributed by atoms with Gasteiger partial charge in [0.2, 0.25) is 0 Å². The van der Waals surface area contributed by atoms with Crippen molar-refractivity contribution in [2.45, 2.75) is 50.2 Å². The molecule has 5 atom stereocenters. The molecule has 3 heterocycles. The Hall–Kier alpha value is -1.16. The molecule has 18 heteroatoms. The van der Waals surface area contributed by atoms with Crippen molar-refractivity contribution in [2.75, 3.05) is 24.7 Å². The van der Waals surface area contributed by atoms with Gasteiger partial charge >= 0.3 is 15.6 Å². The summed E-state index contributed by atoms with van der Waals surface area (Å²) in [6, 6.07) is 0. The average molecular weight is 543 g/mol. The number of thiol groups is 1. The number of phosphoric acid groups is 2. The molecule has 0 aliphatic carbocycles. The first-order valence-corrected chi connectivity index (χ1v) is 13.9. The summed E-state index contributed by atoms with van der Waals surface area (Å²) in [6.07, 6.45) is -0.349. The van der Waals surface area contributed by atoms with Crippen molar-refractivity contribution in [2.24, 2.45) is 0 Å². The van der Waals surface area contributed by atoms with Gasteiger partial charge < -0.3 is 30.3 Å². The molecule has 0 amide bonds. The van der Waals surface area contributed by atoms with E-state index in [0.29, 0.717) is 6.42 Å². The highest BCUT2D eigenvalue weighted by molar-refractivity contribution is 7.80. The summed E-state index contributed by atoms with van der Waals surface area (Å²) < 4.78 is 45.1. The topological polar surface area (TPSA) is 222 Å². The minimum atomic E-state index is -5.08. The Labute approximate surface area is 199 Å². The number of fused-ring (bicyclic) bond motifs is 1. The van der Waals surface area contributed by atoms with E-state index in [0.717, 1.165) is 25.0 Å². The van der Waals surface area contributed by atoms with E-state index in [2.05, 4.69) is 27.6 Å². The van der Waals surface area contributed by atoms with Crippen LogP contribution in [0.1, 0.15) is 31.9 Å². The molecule has 3 rings (SSSR count). The van der Waals surface area contributed by atoms with Gasteiger partial charge in [-0.25, -0.2) is 24.1 Å². The summed E-state index contributed by atoms with van der Waals surface area (Å²) in [4.78, 5) is 40.4. The van der Waals surface area contributed by atoms with Crippen LogP contribution in [0.5, 0.6) is 0 Å². The molecule has 0 aromatic carbocycles. The van der Waals surface area contributed by atoms with E-state index in [1.165, 1.54) is 17.2 Å². The quantitative estimate of drug-likeness (QED) is 0.117. The van der Waals surface area contributed by atoms with Crippen LogP contribution in [0, 0.1) is 0 Å².